The molecule has 2 aromatic carbocycles. The molecule has 152 valence electrons. The number of amides is 1. The molecule has 0 saturated carbocycles. The molecule has 2 aromatic heterocycles. The molecule has 30 heavy (non-hydrogen) atoms. The van der Waals surface area contributed by atoms with Crippen molar-refractivity contribution < 1.29 is 13.6 Å². The van der Waals surface area contributed by atoms with E-state index in [9.17, 15) is 13.6 Å². The van der Waals surface area contributed by atoms with E-state index in [1.54, 1.807) is 35.2 Å². The summed E-state index contributed by atoms with van der Waals surface area (Å²) in [6, 6.07) is 12.0. The van der Waals surface area contributed by atoms with Crippen LogP contribution < -0.4 is 5.32 Å². The monoisotopic (exact) mass is 444 g/mol. The summed E-state index contributed by atoms with van der Waals surface area (Å²) in [4.78, 5) is 21.3. The molecule has 0 aliphatic carbocycles. The summed E-state index contributed by atoms with van der Waals surface area (Å²) in [6.45, 7) is -0.0734. The molecule has 0 saturated heterocycles. The molecule has 0 spiro atoms. The lowest BCUT2D eigenvalue weighted by atomic mass is 10.2. The fourth-order valence-corrected chi connectivity index (χ4v) is 3.99. The minimum atomic E-state index is -0.612. The fraction of sp³-hybridized carbons (Fsp3) is 0.0952. The molecule has 0 aliphatic rings. The number of fused-ring (bicyclic) bond motifs is 1. The largest absolute Gasteiger partial charge is 0.322 e. The number of rotatable bonds is 6. The molecular weight excluding hydrogens is 430 g/mol. The molecule has 4 rings (SSSR count). The summed E-state index contributed by atoms with van der Waals surface area (Å²) in [5.41, 5.74) is 2.35. The van der Waals surface area contributed by atoms with Gasteiger partial charge in [0.25, 0.3) is 0 Å². The zero-order valence-corrected chi connectivity index (χ0v) is 17.1. The third kappa shape index (κ3) is 4.60. The second kappa shape index (κ2) is 8.81. The number of halogens is 3. The van der Waals surface area contributed by atoms with Gasteiger partial charge in [0.15, 0.2) is 5.16 Å². The number of hydrogen-bond donors (Lipinski definition) is 1. The Balaban J connectivity index is 1.56. The predicted molar refractivity (Wildman–Crippen MR) is 114 cm³/mol. The van der Waals surface area contributed by atoms with E-state index in [0.29, 0.717) is 21.9 Å². The third-order valence-electron chi connectivity index (χ3n) is 4.30. The van der Waals surface area contributed by atoms with Crippen molar-refractivity contribution in [1.82, 2.24) is 14.5 Å². The van der Waals surface area contributed by atoms with Crippen LogP contribution in [0.3, 0.4) is 0 Å². The van der Waals surface area contributed by atoms with Gasteiger partial charge in [0.05, 0.1) is 22.9 Å². The lowest BCUT2D eigenvalue weighted by Crippen LogP contribution is -2.20. The number of pyridine rings is 1. The van der Waals surface area contributed by atoms with Gasteiger partial charge in [-0.25, -0.2) is 13.8 Å². The van der Waals surface area contributed by atoms with Crippen molar-refractivity contribution in [1.29, 1.82) is 0 Å². The summed E-state index contributed by atoms with van der Waals surface area (Å²) >= 11 is 7.17. The van der Waals surface area contributed by atoms with Gasteiger partial charge in [-0.3, -0.25) is 9.78 Å². The summed E-state index contributed by atoms with van der Waals surface area (Å²) in [5, 5.41) is 3.41. The highest BCUT2D eigenvalue weighted by atomic mass is 35.5. The number of hydrogen-bond acceptors (Lipinski definition) is 4. The van der Waals surface area contributed by atoms with Crippen molar-refractivity contribution in [2.24, 2.45) is 0 Å². The molecule has 2 heterocycles. The number of nitrogens with zero attached hydrogens (tertiary/aromatic N) is 3. The minimum Gasteiger partial charge on any atom is -0.322 e. The van der Waals surface area contributed by atoms with Gasteiger partial charge in [0.2, 0.25) is 5.91 Å². The normalized spacial score (nSPS) is 11.0. The van der Waals surface area contributed by atoms with E-state index in [4.69, 9.17) is 11.6 Å². The summed E-state index contributed by atoms with van der Waals surface area (Å²) in [7, 11) is 0. The van der Waals surface area contributed by atoms with E-state index in [-0.39, 0.29) is 23.1 Å². The highest BCUT2D eigenvalue weighted by Crippen LogP contribution is 2.27. The molecule has 0 unspecified atom stereocenters. The SMILES string of the molecule is O=C(Cn1c(SCc2ccc(F)cc2)nc2ccncc21)Nc1ccc(Cl)cc1F. The number of anilines is 1. The van der Waals surface area contributed by atoms with E-state index in [1.165, 1.54) is 36.0 Å². The van der Waals surface area contributed by atoms with Crippen LogP contribution >= 0.6 is 23.4 Å². The number of nitrogens with one attached hydrogen (secondary N) is 1. The van der Waals surface area contributed by atoms with Crippen LogP contribution in [-0.2, 0) is 17.1 Å². The highest BCUT2D eigenvalue weighted by Gasteiger charge is 2.16. The van der Waals surface area contributed by atoms with Crippen LogP contribution in [0.1, 0.15) is 5.56 Å². The maximum absolute atomic E-state index is 14.0. The Kier molecular flexibility index (Phi) is 5.96. The maximum Gasteiger partial charge on any atom is 0.244 e. The lowest BCUT2D eigenvalue weighted by molar-refractivity contribution is -0.116. The van der Waals surface area contributed by atoms with E-state index in [0.717, 1.165) is 11.6 Å². The van der Waals surface area contributed by atoms with Crippen molar-refractivity contribution in [2.75, 3.05) is 5.32 Å². The highest BCUT2D eigenvalue weighted by molar-refractivity contribution is 7.98. The van der Waals surface area contributed by atoms with E-state index in [2.05, 4.69) is 15.3 Å². The molecule has 0 aliphatic heterocycles. The van der Waals surface area contributed by atoms with E-state index < -0.39 is 11.7 Å². The molecule has 4 aromatic rings. The Morgan fingerprint density at radius 3 is 2.70 bits per heavy atom. The maximum atomic E-state index is 14.0. The Labute approximate surface area is 180 Å². The van der Waals surface area contributed by atoms with Gasteiger partial charge >= 0.3 is 0 Å². The first-order chi connectivity index (χ1) is 14.5. The average molecular weight is 445 g/mol. The minimum absolute atomic E-state index is 0.0486. The van der Waals surface area contributed by atoms with Gasteiger partial charge in [-0.1, -0.05) is 35.5 Å². The number of imidazole rings is 1. The molecule has 1 amide bonds. The Morgan fingerprint density at radius 1 is 1.13 bits per heavy atom. The first kappa shape index (κ1) is 20.3. The lowest BCUT2D eigenvalue weighted by Gasteiger charge is -2.10. The van der Waals surface area contributed by atoms with Crippen molar-refractivity contribution in [3.05, 3.63) is 83.1 Å². The standard InChI is InChI=1S/C21H15ClF2N4OS/c22-14-3-6-17(16(24)9-14)26-20(29)11-28-19-10-25-8-7-18(19)27-21(28)30-12-13-1-4-15(23)5-2-13/h1-10H,11-12H2,(H,26,29). The van der Waals surface area contributed by atoms with Gasteiger partial charge in [0, 0.05) is 17.0 Å². The van der Waals surface area contributed by atoms with Crippen LogP contribution in [0.25, 0.3) is 11.0 Å². The van der Waals surface area contributed by atoms with Crippen LogP contribution in [-0.4, -0.2) is 20.4 Å². The Bertz CT molecular complexity index is 1210. The van der Waals surface area contributed by atoms with Crippen molar-refractivity contribution >= 4 is 46.0 Å². The van der Waals surface area contributed by atoms with Crippen LogP contribution in [0.2, 0.25) is 5.02 Å². The number of aromatic nitrogens is 3. The van der Waals surface area contributed by atoms with E-state index in [1.807, 2.05) is 0 Å². The molecule has 0 fully saturated rings. The molecular formula is C21H15ClF2N4OS. The first-order valence-electron chi connectivity index (χ1n) is 8.92. The quantitative estimate of drug-likeness (QED) is 0.410. The second-order valence-corrected chi connectivity index (χ2v) is 7.81. The van der Waals surface area contributed by atoms with Crippen LogP contribution in [0.15, 0.2) is 66.1 Å². The summed E-state index contributed by atoms with van der Waals surface area (Å²) in [5.74, 6) is -0.778. The molecule has 5 nitrogen and oxygen atoms in total. The molecule has 0 radical (unpaired) electrons. The zero-order chi connectivity index (χ0) is 21.1. The van der Waals surface area contributed by atoms with Crippen molar-refractivity contribution in [3.63, 3.8) is 0 Å². The number of carbonyl (C=O) groups is 1. The molecule has 1 N–H and O–H groups in total. The molecule has 0 bridgehead atoms. The Morgan fingerprint density at radius 2 is 1.93 bits per heavy atom. The third-order valence-corrected chi connectivity index (χ3v) is 5.59. The number of benzene rings is 2. The van der Waals surface area contributed by atoms with Gasteiger partial charge in [-0.2, -0.15) is 0 Å². The van der Waals surface area contributed by atoms with Gasteiger partial charge in [-0.05, 0) is 42.0 Å². The fourth-order valence-electron chi connectivity index (χ4n) is 2.86. The van der Waals surface area contributed by atoms with E-state index >= 15 is 0 Å². The van der Waals surface area contributed by atoms with Gasteiger partial charge < -0.3 is 9.88 Å². The number of thioether (sulfide) groups is 1. The van der Waals surface area contributed by atoms with Gasteiger partial charge in [-0.15, -0.1) is 0 Å². The average Bonchev–Trinajstić information content (AvgIpc) is 3.07. The van der Waals surface area contributed by atoms with Gasteiger partial charge in [0.1, 0.15) is 18.2 Å². The molecule has 0 atom stereocenters. The summed E-state index contributed by atoms with van der Waals surface area (Å²) in [6.07, 6.45) is 3.25. The topological polar surface area (TPSA) is 59.8 Å². The van der Waals surface area contributed by atoms with Crippen molar-refractivity contribution in [3.8, 4) is 0 Å². The smallest absolute Gasteiger partial charge is 0.244 e. The first-order valence-corrected chi connectivity index (χ1v) is 10.3. The van der Waals surface area contributed by atoms with Crippen LogP contribution in [0.5, 0.6) is 0 Å². The second-order valence-electron chi connectivity index (χ2n) is 6.43. The van der Waals surface area contributed by atoms with Crippen LogP contribution in [0, 0.1) is 11.6 Å². The summed E-state index contributed by atoms with van der Waals surface area (Å²) < 4.78 is 28.8. The molecule has 9 heteroatoms. The zero-order valence-electron chi connectivity index (χ0n) is 15.5. The Hall–Kier alpha value is -2.97. The van der Waals surface area contributed by atoms with Crippen molar-refractivity contribution in [2.45, 2.75) is 17.5 Å². The number of carbonyl (C=O) groups excluding carboxylic acids is 1. The van der Waals surface area contributed by atoms with Crippen LogP contribution in [0.4, 0.5) is 14.5 Å². The predicted octanol–water partition coefficient (Wildman–Crippen LogP) is 5.29.